The molecule has 5 aromatic rings. The molecule has 0 radical (unpaired) electrons. The van der Waals surface area contributed by atoms with Gasteiger partial charge in [0.1, 0.15) is 11.5 Å². The summed E-state index contributed by atoms with van der Waals surface area (Å²) < 4.78 is 0. The summed E-state index contributed by atoms with van der Waals surface area (Å²) in [6, 6.07) is 35.7. The lowest BCUT2D eigenvalue weighted by Crippen LogP contribution is -2.21. The number of hydrogen-bond acceptors (Lipinski definition) is 6. The standard InChI is InChI=1S/C42H36N2O4/c45-37-17-7-18-38(46)41(37)35(25-29-13-5-11-27-9-1-3-15-33(27)29)43-31-21-23-32(24-22-31)44-36(42-39(47)19-8-20-40(42)48)26-30-14-6-12-28-10-2-4-16-34(28)30/h1-6,9-16,21-24,45,47H,7-8,17-20,25-26H2. The number of Topliss-reactive ketones (excluding diaryl/α,β-unsaturated/α-hetero) is 2. The molecule has 0 saturated heterocycles. The summed E-state index contributed by atoms with van der Waals surface area (Å²) in [4.78, 5) is 36.2. The van der Waals surface area contributed by atoms with Crippen molar-refractivity contribution in [2.45, 2.75) is 51.4 Å². The highest BCUT2D eigenvalue weighted by atomic mass is 16.3. The molecule has 6 heteroatoms. The van der Waals surface area contributed by atoms with Gasteiger partial charge in [-0.2, -0.15) is 0 Å². The molecular weight excluding hydrogens is 596 g/mol. The Labute approximate surface area is 279 Å². The third-order valence-corrected chi connectivity index (χ3v) is 9.20. The number of aliphatic hydroxyl groups excluding tert-OH is 2. The molecule has 0 unspecified atom stereocenters. The minimum Gasteiger partial charge on any atom is -0.511 e. The number of fused-ring (bicyclic) bond motifs is 2. The van der Waals surface area contributed by atoms with Crippen molar-refractivity contribution in [2.24, 2.45) is 9.98 Å². The first-order valence-electron chi connectivity index (χ1n) is 16.5. The largest absolute Gasteiger partial charge is 0.511 e. The number of hydrogen-bond donors (Lipinski definition) is 2. The molecule has 0 atom stereocenters. The number of allylic oxidation sites excluding steroid dienone is 4. The number of nitrogens with zero attached hydrogens (tertiary/aromatic N) is 2. The van der Waals surface area contributed by atoms with Gasteiger partial charge in [-0.15, -0.1) is 0 Å². The molecule has 48 heavy (non-hydrogen) atoms. The third kappa shape index (κ3) is 6.47. The van der Waals surface area contributed by atoms with Gasteiger partial charge in [0.05, 0.1) is 33.9 Å². The molecule has 0 fully saturated rings. The summed E-state index contributed by atoms with van der Waals surface area (Å²) in [5.41, 5.74) is 4.97. The van der Waals surface area contributed by atoms with E-state index in [-0.39, 0.29) is 23.1 Å². The molecule has 2 aliphatic carbocycles. The Balaban J connectivity index is 1.27. The van der Waals surface area contributed by atoms with E-state index in [4.69, 9.17) is 9.98 Å². The van der Waals surface area contributed by atoms with Crippen LogP contribution in [0.4, 0.5) is 11.4 Å². The number of aliphatic imine (C=N–C) groups is 2. The molecule has 0 aliphatic heterocycles. The molecule has 0 bridgehead atoms. The molecule has 2 aliphatic rings. The first kappa shape index (κ1) is 31.0. The van der Waals surface area contributed by atoms with Crippen molar-refractivity contribution in [1.29, 1.82) is 0 Å². The molecule has 0 saturated carbocycles. The van der Waals surface area contributed by atoms with Crippen LogP contribution in [0, 0.1) is 0 Å². The molecule has 238 valence electrons. The minimum absolute atomic E-state index is 0.0924. The third-order valence-electron chi connectivity index (χ3n) is 9.20. The summed E-state index contributed by atoms with van der Waals surface area (Å²) in [6.45, 7) is 0. The smallest absolute Gasteiger partial charge is 0.168 e. The molecule has 6 nitrogen and oxygen atoms in total. The van der Waals surface area contributed by atoms with Gasteiger partial charge in [0.15, 0.2) is 11.6 Å². The van der Waals surface area contributed by atoms with E-state index in [9.17, 15) is 19.8 Å². The molecule has 0 spiro atoms. The fraction of sp³-hybridized carbons (Fsp3) is 0.190. The summed E-state index contributed by atoms with van der Waals surface area (Å²) >= 11 is 0. The van der Waals surface area contributed by atoms with Crippen LogP contribution < -0.4 is 0 Å². The zero-order valence-electron chi connectivity index (χ0n) is 26.7. The normalized spacial score (nSPS) is 16.3. The van der Waals surface area contributed by atoms with Gasteiger partial charge >= 0.3 is 0 Å². The SMILES string of the molecule is O=C1CCCC(O)=C1C(Cc1cccc2ccccc12)=Nc1ccc(N=C(Cc2cccc3ccccc23)C2=C(O)CCCC2=O)cc1. The maximum Gasteiger partial charge on any atom is 0.168 e. The average Bonchev–Trinajstić information content (AvgIpc) is 3.09. The van der Waals surface area contributed by atoms with Gasteiger partial charge in [0, 0.05) is 38.5 Å². The van der Waals surface area contributed by atoms with E-state index in [0.717, 1.165) is 32.7 Å². The second-order valence-electron chi connectivity index (χ2n) is 12.5. The number of carbonyl (C=O) groups excluding carboxylic acids is 2. The highest BCUT2D eigenvalue weighted by Crippen LogP contribution is 2.30. The fourth-order valence-corrected chi connectivity index (χ4v) is 6.84. The number of carbonyl (C=O) groups is 2. The molecular formula is C42H36N2O4. The first-order valence-corrected chi connectivity index (χ1v) is 16.5. The monoisotopic (exact) mass is 632 g/mol. The summed E-state index contributed by atoms with van der Waals surface area (Å²) in [5.74, 6) is -0.00550. The Morgan fingerprint density at radius 1 is 0.500 bits per heavy atom. The number of benzene rings is 5. The van der Waals surface area contributed by atoms with E-state index in [1.165, 1.54) is 0 Å². The van der Waals surface area contributed by atoms with E-state index in [1.54, 1.807) is 0 Å². The van der Waals surface area contributed by atoms with E-state index in [1.807, 2.05) is 72.8 Å². The molecule has 0 amide bonds. The predicted molar refractivity (Wildman–Crippen MR) is 193 cm³/mol. The molecule has 2 N–H and O–H groups in total. The van der Waals surface area contributed by atoms with Gasteiger partial charge in [0.25, 0.3) is 0 Å². The molecule has 7 rings (SSSR count). The van der Waals surface area contributed by atoms with E-state index >= 15 is 0 Å². The first-order chi connectivity index (χ1) is 23.4. The van der Waals surface area contributed by atoms with Gasteiger partial charge in [-0.3, -0.25) is 19.6 Å². The Hall–Kier alpha value is -5.62. The lowest BCUT2D eigenvalue weighted by atomic mass is 9.89. The van der Waals surface area contributed by atoms with Gasteiger partial charge < -0.3 is 10.2 Å². The van der Waals surface area contributed by atoms with Crippen molar-refractivity contribution in [3.63, 3.8) is 0 Å². The van der Waals surface area contributed by atoms with Crippen LogP contribution in [0.2, 0.25) is 0 Å². The predicted octanol–water partition coefficient (Wildman–Crippen LogP) is 9.75. The summed E-state index contributed by atoms with van der Waals surface area (Å²) in [5, 5.41) is 26.1. The Morgan fingerprint density at radius 2 is 0.896 bits per heavy atom. The second-order valence-corrected chi connectivity index (χ2v) is 12.5. The van der Waals surface area contributed by atoms with Crippen LogP contribution in [0.3, 0.4) is 0 Å². The Bertz CT molecular complexity index is 2020. The van der Waals surface area contributed by atoms with E-state index in [0.29, 0.717) is 85.3 Å². The van der Waals surface area contributed by atoms with Crippen LogP contribution in [0.15, 0.2) is 142 Å². The zero-order chi connectivity index (χ0) is 33.0. The number of ketones is 2. The lowest BCUT2D eigenvalue weighted by Gasteiger charge is -2.18. The lowest BCUT2D eigenvalue weighted by molar-refractivity contribution is -0.116. The fourth-order valence-electron chi connectivity index (χ4n) is 6.84. The highest BCUT2D eigenvalue weighted by molar-refractivity contribution is 6.25. The molecule has 0 heterocycles. The zero-order valence-corrected chi connectivity index (χ0v) is 26.7. The summed E-state index contributed by atoms with van der Waals surface area (Å²) in [7, 11) is 0. The molecule has 5 aromatic carbocycles. The van der Waals surface area contributed by atoms with Crippen molar-refractivity contribution in [2.75, 3.05) is 0 Å². The maximum atomic E-state index is 13.1. The van der Waals surface area contributed by atoms with Crippen molar-refractivity contribution in [3.8, 4) is 0 Å². The second kappa shape index (κ2) is 13.6. The maximum absolute atomic E-state index is 13.1. The molecule has 0 aromatic heterocycles. The van der Waals surface area contributed by atoms with Crippen molar-refractivity contribution in [1.82, 2.24) is 0 Å². The van der Waals surface area contributed by atoms with Gasteiger partial charge in [0.2, 0.25) is 0 Å². The van der Waals surface area contributed by atoms with E-state index < -0.39 is 0 Å². The van der Waals surface area contributed by atoms with Gasteiger partial charge in [-0.25, -0.2) is 0 Å². The quantitative estimate of drug-likeness (QED) is 0.166. The van der Waals surface area contributed by atoms with Crippen molar-refractivity contribution in [3.05, 3.63) is 143 Å². The van der Waals surface area contributed by atoms with Crippen LogP contribution in [0.25, 0.3) is 21.5 Å². The van der Waals surface area contributed by atoms with Crippen LogP contribution in [0.5, 0.6) is 0 Å². The van der Waals surface area contributed by atoms with Crippen LogP contribution >= 0.6 is 0 Å². The minimum atomic E-state index is -0.0951. The Kier molecular flexibility index (Phi) is 8.80. The van der Waals surface area contributed by atoms with Crippen molar-refractivity contribution < 1.29 is 19.8 Å². The van der Waals surface area contributed by atoms with Crippen LogP contribution in [0.1, 0.15) is 49.7 Å². The average molecular weight is 633 g/mol. The summed E-state index contributed by atoms with van der Waals surface area (Å²) in [6.07, 6.45) is 3.67. The van der Waals surface area contributed by atoms with Crippen LogP contribution in [-0.2, 0) is 22.4 Å². The number of rotatable bonds is 8. The topological polar surface area (TPSA) is 99.3 Å². The van der Waals surface area contributed by atoms with Crippen molar-refractivity contribution >= 4 is 55.9 Å². The van der Waals surface area contributed by atoms with Gasteiger partial charge in [-0.1, -0.05) is 84.9 Å². The Morgan fingerprint density at radius 3 is 1.31 bits per heavy atom. The van der Waals surface area contributed by atoms with Crippen LogP contribution in [-0.4, -0.2) is 33.2 Å². The van der Waals surface area contributed by atoms with Gasteiger partial charge in [-0.05, 0) is 69.8 Å². The number of aliphatic hydroxyl groups is 2. The van der Waals surface area contributed by atoms with E-state index in [2.05, 4.69) is 36.4 Å². The highest BCUT2D eigenvalue weighted by Gasteiger charge is 2.27.